The summed E-state index contributed by atoms with van der Waals surface area (Å²) in [5.41, 5.74) is 0.410. The number of hydrogen-bond acceptors (Lipinski definition) is 5. The Labute approximate surface area is 138 Å². The van der Waals surface area contributed by atoms with Crippen LogP contribution in [0.3, 0.4) is 0 Å². The van der Waals surface area contributed by atoms with Gasteiger partial charge in [0, 0.05) is 18.2 Å². The van der Waals surface area contributed by atoms with Gasteiger partial charge in [-0.15, -0.1) is 0 Å². The summed E-state index contributed by atoms with van der Waals surface area (Å²) < 4.78 is 8.01. The fraction of sp³-hybridized carbons (Fsp3) is 0.412. The Morgan fingerprint density at radius 3 is 2.58 bits per heavy atom. The minimum absolute atomic E-state index is 0.166. The molecule has 1 aromatic carbocycles. The van der Waals surface area contributed by atoms with Crippen LogP contribution in [-0.4, -0.2) is 38.2 Å². The second-order valence-electron chi connectivity index (χ2n) is 5.99. The maximum absolute atomic E-state index is 12.7. The van der Waals surface area contributed by atoms with Crippen molar-refractivity contribution in [2.45, 2.75) is 38.3 Å². The number of hydrogen-bond donors (Lipinski definition) is 2. The van der Waals surface area contributed by atoms with Gasteiger partial charge in [0.25, 0.3) is 5.56 Å². The first-order chi connectivity index (χ1) is 11.5. The summed E-state index contributed by atoms with van der Waals surface area (Å²) in [5, 5.41) is 19.1. The van der Waals surface area contributed by atoms with Crippen LogP contribution in [0.1, 0.15) is 23.8 Å². The summed E-state index contributed by atoms with van der Waals surface area (Å²) >= 11 is 0. The number of aromatic nitrogens is 2. The summed E-state index contributed by atoms with van der Waals surface area (Å²) in [6.07, 6.45) is -0.637. The van der Waals surface area contributed by atoms with Crippen LogP contribution >= 0.6 is 0 Å². The van der Waals surface area contributed by atoms with E-state index in [0.29, 0.717) is 5.56 Å². The van der Waals surface area contributed by atoms with Gasteiger partial charge in [0.1, 0.15) is 12.3 Å². The molecule has 0 amide bonds. The van der Waals surface area contributed by atoms with E-state index in [2.05, 4.69) is 0 Å². The van der Waals surface area contributed by atoms with Crippen LogP contribution < -0.4 is 11.2 Å². The molecule has 0 unspecified atom stereocenters. The Kier molecular flexibility index (Phi) is 4.66. The van der Waals surface area contributed by atoms with Gasteiger partial charge in [-0.05, 0) is 12.5 Å². The molecule has 128 valence electrons. The molecule has 2 aromatic rings. The molecule has 2 N–H and O–H groups in total. The number of aliphatic hydroxyl groups excluding tert-OH is 2. The third-order valence-electron chi connectivity index (χ3n) is 4.24. The lowest BCUT2D eigenvalue weighted by Gasteiger charge is -2.17. The summed E-state index contributed by atoms with van der Waals surface area (Å²) in [7, 11) is 0. The zero-order valence-corrected chi connectivity index (χ0v) is 13.3. The van der Waals surface area contributed by atoms with E-state index in [1.54, 1.807) is 6.92 Å². The molecule has 24 heavy (non-hydrogen) atoms. The monoisotopic (exact) mass is 332 g/mol. The van der Waals surface area contributed by atoms with E-state index in [4.69, 9.17) is 4.74 Å². The molecule has 2 heterocycles. The van der Waals surface area contributed by atoms with E-state index in [1.807, 2.05) is 30.3 Å². The van der Waals surface area contributed by atoms with E-state index < -0.39 is 24.1 Å². The average molecular weight is 332 g/mol. The molecule has 7 nitrogen and oxygen atoms in total. The van der Waals surface area contributed by atoms with Crippen molar-refractivity contribution in [3.63, 3.8) is 0 Å². The highest BCUT2D eigenvalue weighted by Gasteiger charge is 2.35. The predicted octanol–water partition coefficient (Wildman–Crippen LogP) is 0.00742. The van der Waals surface area contributed by atoms with Crippen molar-refractivity contribution in [1.29, 1.82) is 0 Å². The van der Waals surface area contributed by atoms with Gasteiger partial charge >= 0.3 is 5.69 Å². The Hall–Kier alpha value is -2.22. The third-order valence-corrected chi connectivity index (χ3v) is 4.24. The highest BCUT2D eigenvalue weighted by Crippen LogP contribution is 2.27. The Bertz CT molecular complexity index is 827. The molecule has 0 saturated carbocycles. The van der Waals surface area contributed by atoms with Gasteiger partial charge in [-0.3, -0.25) is 13.9 Å². The summed E-state index contributed by atoms with van der Waals surface area (Å²) in [4.78, 5) is 25.1. The van der Waals surface area contributed by atoms with Gasteiger partial charge in [-0.25, -0.2) is 4.79 Å². The van der Waals surface area contributed by atoms with Crippen molar-refractivity contribution in [1.82, 2.24) is 9.13 Å². The van der Waals surface area contributed by atoms with Crippen LogP contribution in [0, 0.1) is 6.92 Å². The largest absolute Gasteiger partial charge is 0.394 e. The maximum Gasteiger partial charge on any atom is 0.333 e. The van der Waals surface area contributed by atoms with Crippen LogP contribution in [0.25, 0.3) is 0 Å². The molecule has 1 fully saturated rings. The third kappa shape index (κ3) is 3.06. The first-order valence-corrected chi connectivity index (χ1v) is 7.82. The minimum Gasteiger partial charge on any atom is -0.394 e. The number of ether oxygens (including phenoxy) is 1. The number of nitrogens with zero attached hydrogens (tertiary/aromatic N) is 2. The smallest absolute Gasteiger partial charge is 0.333 e. The lowest BCUT2D eigenvalue weighted by Crippen LogP contribution is -2.42. The molecule has 1 aromatic heterocycles. The van der Waals surface area contributed by atoms with Crippen molar-refractivity contribution < 1.29 is 14.9 Å². The highest BCUT2D eigenvalue weighted by atomic mass is 16.5. The lowest BCUT2D eigenvalue weighted by atomic mass is 10.2. The van der Waals surface area contributed by atoms with Gasteiger partial charge in [-0.2, -0.15) is 0 Å². The number of rotatable bonds is 4. The van der Waals surface area contributed by atoms with Gasteiger partial charge in [0.05, 0.1) is 19.3 Å². The van der Waals surface area contributed by atoms with Crippen molar-refractivity contribution in [2.24, 2.45) is 0 Å². The minimum atomic E-state index is -0.846. The van der Waals surface area contributed by atoms with Crippen LogP contribution in [0.2, 0.25) is 0 Å². The molecule has 1 aliphatic heterocycles. The van der Waals surface area contributed by atoms with Gasteiger partial charge < -0.3 is 14.9 Å². The summed E-state index contributed by atoms with van der Waals surface area (Å²) in [6, 6.07) is 9.24. The second kappa shape index (κ2) is 6.72. The Morgan fingerprint density at radius 1 is 1.25 bits per heavy atom. The molecule has 1 aliphatic rings. The zero-order chi connectivity index (χ0) is 17.3. The molecule has 0 spiro atoms. The van der Waals surface area contributed by atoms with Crippen molar-refractivity contribution >= 4 is 0 Å². The van der Waals surface area contributed by atoms with Crippen LogP contribution in [0.5, 0.6) is 0 Å². The molecule has 3 atom stereocenters. The molecule has 7 heteroatoms. The Morgan fingerprint density at radius 2 is 1.96 bits per heavy atom. The number of benzene rings is 1. The first kappa shape index (κ1) is 16.6. The van der Waals surface area contributed by atoms with Crippen LogP contribution in [-0.2, 0) is 11.3 Å². The molecular formula is C17H20N2O5. The average Bonchev–Trinajstić information content (AvgIpc) is 2.96. The van der Waals surface area contributed by atoms with Crippen molar-refractivity contribution in [3.8, 4) is 0 Å². The van der Waals surface area contributed by atoms with Gasteiger partial charge in [-0.1, -0.05) is 30.3 Å². The highest BCUT2D eigenvalue weighted by molar-refractivity contribution is 5.16. The van der Waals surface area contributed by atoms with E-state index in [0.717, 1.165) is 10.1 Å². The molecule has 0 radical (unpaired) electrons. The van der Waals surface area contributed by atoms with E-state index >= 15 is 0 Å². The lowest BCUT2D eigenvalue weighted by molar-refractivity contribution is -0.0463. The molecular weight excluding hydrogens is 312 g/mol. The number of aryl methyl sites for hydroxylation is 1. The SMILES string of the molecule is Cc1cn([C@@H]2C[C@H](O)[C@H](CO)O2)c(=O)n(Cc2ccccc2)c1=O. The van der Waals surface area contributed by atoms with Crippen molar-refractivity contribution in [2.75, 3.05) is 6.61 Å². The standard InChI is InChI=1S/C17H20N2O5/c1-11-8-18(15-7-13(21)14(10-20)24-15)17(23)19(16(11)22)9-12-5-3-2-4-6-12/h2-6,8,13-15,20-21H,7,9-10H2,1H3/t13-,14-,15-/m0/s1. The maximum atomic E-state index is 12.7. The molecule has 1 saturated heterocycles. The quantitative estimate of drug-likeness (QED) is 0.822. The fourth-order valence-electron chi connectivity index (χ4n) is 2.92. The van der Waals surface area contributed by atoms with Crippen LogP contribution in [0.4, 0.5) is 0 Å². The van der Waals surface area contributed by atoms with E-state index in [1.165, 1.54) is 10.8 Å². The normalized spacial score (nSPS) is 23.5. The molecule has 0 aliphatic carbocycles. The second-order valence-corrected chi connectivity index (χ2v) is 5.99. The van der Waals surface area contributed by atoms with Gasteiger partial charge in [0.15, 0.2) is 0 Å². The predicted molar refractivity (Wildman–Crippen MR) is 86.9 cm³/mol. The Balaban J connectivity index is 2.01. The summed E-state index contributed by atoms with van der Waals surface area (Å²) in [5.74, 6) is 0. The topological polar surface area (TPSA) is 93.7 Å². The first-order valence-electron chi connectivity index (χ1n) is 7.82. The van der Waals surface area contributed by atoms with E-state index in [9.17, 15) is 19.8 Å². The number of aliphatic hydroxyl groups is 2. The molecule has 0 bridgehead atoms. The fourth-order valence-corrected chi connectivity index (χ4v) is 2.92. The summed E-state index contributed by atoms with van der Waals surface area (Å²) in [6.45, 7) is 1.47. The zero-order valence-electron chi connectivity index (χ0n) is 13.3. The molecule has 3 rings (SSSR count). The van der Waals surface area contributed by atoms with Crippen LogP contribution in [0.15, 0.2) is 46.1 Å². The van der Waals surface area contributed by atoms with Crippen molar-refractivity contribution in [3.05, 3.63) is 68.5 Å². The van der Waals surface area contributed by atoms with E-state index in [-0.39, 0.29) is 25.1 Å². The van der Waals surface area contributed by atoms with Gasteiger partial charge in [0.2, 0.25) is 0 Å².